The highest BCUT2D eigenvalue weighted by atomic mass is 35.5. The van der Waals surface area contributed by atoms with Crippen molar-refractivity contribution in [2.45, 2.75) is 0 Å². The first-order valence-electron chi connectivity index (χ1n) is 6.75. The summed E-state index contributed by atoms with van der Waals surface area (Å²) in [5.74, 6) is -0.306. The first-order valence-corrected chi connectivity index (χ1v) is 7.94. The molecule has 0 saturated heterocycles. The van der Waals surface area contributed by atoms with E-state index in [0.717, 1.165) is 16.0 Å². The van der Waals surface area contributed by atoms with Crippen molar-refractivity contribution in [2.75, 3.05) is 0 Å². The molecule has 0 amide bonds. The van der Waals surface area contributed by atoms with E-state index >= 15 is 0 Å². The smallest absolute Gasteiger partial charge is 0.134 e. The van der Waals surface area contributed by atoms with Gasteiger partial charge in [0.15, 0.2) is 0 Å². The van der Waals surface area contributed by atoms with Crippen molar-refractivity contribution in [3.05, 3.63) is 76.1 Å². The number of benzene rings is 2. The summed E-state index contributed by atoms with van der Waals surface area (Å²) in [5.41, 5.74) is 2.20. The fourth-order valence-electron chi connectivity index (χ4n) is 2.01. The zero-order valence-electron chi connectivity index (χ0n) is 11.8. The summed E-state index contributed by atoms with van der Waals surface area (Å²) in [5, 5.41) is 10.7. The standard InChI is InChI=1S/C18H10ClFN2S/c19-15-5-3-13(4-6-15)17-11-22-18(23-17)14(10-21)9-12-1-7-16(20)8-2-12/h1-9,11H/b14-9+. The quantitative estimate of drug-likeness (QED) is 0.576. The van der Waals surface area contributed by atoms with Crippen LogP contribution < -0.4 is 0 Å². The van der Waals surface area contributed by atoms with Crippen LogP contribution in [0.2, 0.25) is 5.02 Å². The summed E-state index contributed by atoms with van der Waals surface area (Å²) in [7, 11) is 0. The van der Waals surface area contributed by atoms with E-state index in [-0.39, 0.29) is 5.82 Å². The highest BCUT2D eigenvalue weighted by Crippen LogP contribution is 2.31. The highest BCUT2D eigenvalue weighted by Gasteiger charge is 2.09. The van der Waals surface area contributed by atoms with Gasteiger partial charge in [0, 0.05) is 11.2 Å². The minimum atomic E-state index is -0.306. The average molecular weight is 341 g/mol. The number of thiazole rings is 1. The van der Waals surface area contributed by atoms with Gasteiger partial charge in [-0.05, 0) is 41.5 Å². The van der Waals surface area contributed by atoms with Gasteiger partial charge in [0.05, 0.1) is 10.5 Å². The van der Waals surface area contributed by atoms with Crippen molar-refractivity contribution in [3.8, 4) is 16.5 Å². The molecule has 0 aliphatic heterocycles. The van der Waals surface area contributed by atoms with Gasteiger partial charge in [-0.2, -0.15) is 5.26 Å². The van der Waals surface area contributed by atoms with Crippen LogP contribution in [0, 0.1) is 17.1 Å². The molecule has 3 rings (SSSR count). The normalized spacial score (nSPS) is 11.3. The lowest BCUT2D eigenvalue weighted by atomic mass is 10.1. The fraction of sp³-hybridized carbons (Fsp3) is 0. The Morgan fingerprint density at radius 2 is 1.83 bits per heavy atom. The second kappa shape index (κ2) is 6.74. The minimum absolute atomic E-state index is 0.306. The molecule has 0 bridgehead atoms. The topological polar surface area (TPSA) is 36.7 Å². The SMILES string of the molecule is N#C/C(=C\c1ccc(F)cc1)c1ncc(-c2ccc(Cl)cc2)s1. The molecule has 1 aromatic heterocycles. The Bertz CT molecular complexity index is 890. The lowest BCUT2D eigenvalue weighted by Gasteiger charge is -1.97. The Morgan fingerprint density at radius 1 is 1.13 bits per heavy atom. The van der Waals surface area contributed by atoms with E-state index in [1.54, 1.807) is 24.4 Å². The highest BCUT2D eigenvalue weighted by molar-refractivity contribution is 7.16. The van der Waals surface area contributed by atoms with Crippen LogP contribution in [0.1, 0.15) is 10.6 Å². The number of nitrogens with zero attached hydrogens (tertiary/aromatic N) is 2. The Hall–Kier alpha value is -2.48. The van der Waals surface area contributed by atoms with Crippen LogP contribution in [0.15, 0.2) is 54.7 Å². The molecule has 112 valence electrons. The van der Waals surface area contributed by atoms with E-state index in [1.807, 2.05) is 24.3 Å². The molecule has 1 heterocycles. The van der Waals surface area contributed by atoms with Crippen molar-refractivity contribution in [2.24, 2.45) is 0 Å². The Kier molecular flexibility index (Phi) is 4.52. The molecule has 0 N–H and O–H groups in total. The number of allylic oxidation sites excluding steroid dienone is 1. The third-order valence-corrected chi connectivity index (χ3v) is 4.50. The summed E-state index contributed by atoms with van der Waals surface area (Å²) in [6.45, 7) is 0. The first kappa shape index (κ1) is 15.4. The van der Waals surface area contributed by atoms with E-state index in [9.17, 15) is 9.65 Å². The van der Waals surface area contributed by atoms with Crippen LogP contribution in [0.5, 0.6) is 0 Å². The van der Waals surface area contributed by atoms with Crippen molar-refractivity contribution in [3.63, 3.8) is 0 Å². The molecule has 2 aromatic carbocycles. The molecular formula is C18H10ClFN2S. The molecule has 0 spiro atoms. The van der Waals surface area contributed by atoms with Crippen LogP contribution in [0.3, 0.4) is 0 Å². The molecule has 0 aliphatic rings. The molecule has 0 aliphatic carbocycles. The van der Waals surface area contributed by atoms with E-state index in [1.165, 1.54) is 23.5 Å². The molecule has 3 aromatic rings. The molecular weight excluding hydrogens is 331 g/mol. The molecule has 2 nitrogen and oxygen atoms in total. The second-order valence-corrected chi connectivity index (χ2v) is 6.23. The monoisotopic (exact) mass is 340 g/mol. The van der Waals surface area contributed by atoms with Gasteiger partial charge in [-0.15, -0.1) is 11.3 Å². The van der Waals surface area contributed by atoms with Gasteiger partial charge in [-0.25, -0.2) is 9.37 Å². The molecule has 0 unspecified atom stereocenters. The number of nitriles is 1. The van der Waals surface area contributed by atoms with Gasteiger partial charge in [-0.1, -0.05) is 35.9 Å². The maximum absolute atomic E-state index is 12.9. The lowest BCUT2D eigenvalue weighted by molar-refractivity contribution is 0.628. The summed E-state index contributed by atoms with van der Waals surface area (Å²) < 4.78 is 12.9. The molecule has 23 heavy (non-hydrogen) atoms. The number of hydrogen-bond donors (Lipinski definition) is 0. The molecule has 0 atom stereocenters. The fourth-order valence-corrected chi connectivity index (χ4v) is 3.03. The Balaban J connectivity index is 1.92. The molecule has 5 heteroatoms. The van der Waals surface area contributed by atoms with Gasteiger partial charge < -0.3 is 0 Å². The zero-order chi connectivity index (χ0) is 16.2. The average Bonchev–Trinajstić information content (AvgIpc) is 3.05. The van der Waals surface area contributed by atoms with Crippen LogP contribution >= 0.6 is 22.9 Å². The van der Waals surface area contributed by atoms with Gasteiger partial charge >= 0.3 is 0 Å². The predicted molar refractivity (Wildman–Crippen MR) is 92.4 cm³/mol. The number of rotatable bonds is 3. The number of halogens is 2. The molecule has 0 radical (unpaired) electrons. The van der Waals surface area contributed by atoms with Crippen LogP contribution in [-0.4, -0.2) is 4.98 Å². The minimum Gasteiger partial charge on any atom is -0.243 e. The molecule has 0 fully saturated rings. The summed E-state index contributed by atoms with van der Waals surface area (Å²) in [6, 6.07) is 15.6. The van der Waals surface area contributed by atoms with E-state index < -0.39 is 0 Å². The van der Waals surface area contributed by atoms with Gasteiger partial charge in [-0.3, -0.25) is 0 Å². The van der Waals surface area contributed by atoms with Crippen LogP contribution in [0.25, 0.3) is 22.1 Å². The summed E-state index contributed by atoms with van der Waals surface area (Å²) in [4.78, 5) is 5.28. The summed E-state index contributed by atoms with van der Waals surface area (Å²) in [6.07, 6.45) is 3.43. The largest absolute Gasteiger partial charge is 0.243 e. The second-order valence-electron chi connectivity index (χ2n) is 4.76. The van der Waals surface area contributed by atoms with Crippen molar-refractivity contribution < 1.29 is 4.39 Å². The van der Waals surface area contributed by atoms with Gasteiger partial charge in [0.25, 0.3) is 0 Å². The van der Waals surface area contributed by atoms with Gasteiger partial charge in [0.2, 0.25) is 0 Å². The van der Waals surface area contributed by atoms with E-state index in [0.29, 0.717) is 15.6 Å². The van der Waals surface area contributed by atoms with E-state index in [2.05, 4.69) is 11.1 Å². The third-order valence-electron chi connectivity index (χ3n) is 3.17. The van der Waals surface area contributed by atoms with Crippen molar-refractivity contribution >= 4 is 34.6 Å². The lowest BCUT2D eigenvalue weighted by Crippen LogP contribution is -1.80. The van der Waals surface area contributed by atoms with Crippen LogP contribution in [-0.2, 0) is 0 Å². The maximum Gasteiger partial charge on any atom is 0.134 e. The summed E-state index contributed by atoms with van der Waals surface area (Å²) >= 11 is 7.32. The predicted octanol–water partition coefficient (Wildman–Crippen LogP) is 5.67. The van der Waals surface area contributed by atoms with Crippen LogP contribution in [0.4, 0.5) is 4.39 Å². The third kappa shape index (κ3) is 3.65. The zero-order valence-corrected chi connectivity index (χ0v) is 13.4. The first-order chi connectivity index (χ1) is 11.2. The van der Waals surface area contributed by atoms with Crippen molar-refractivity contribution in [1.29, 1.82) is 5.26 Å². The maximum atomic E-state index is 12.9. The van der Waals surface area contributed by atoms with Crippen molar-refractivity contribution in [1.82, 2.24) is 4.98 Å². The number of hydrogen-bond acceptors (Lipinski definition) is 3. The van der Waals surface area contributed by atoms with E-state index in [4.69, 9.17) is 11.6 Å². The molecule has 0 saturated carbocycles. The Morgan fingerprint density at radius 3 is 2.48 bits per heavy atom. The number of aromatic nitrogens is 1. The Labute approximate surface area is 142 Å². The van der Waals surface area contributed by atoms with Gasteiger partial charge in [0.1, 0.15) is 16.9 Å².